The second-order valence-corrected chi connectivity index (χ2v) is 6.86. The van der Waals surface area contributed by atoms with E-state index in [1.807, 2.05) is 55.5 Å². The molecule has 2 aromatic carbocycles. The number of carbonyl (C=O) groups excluding carboxylic acids is 3. The fraction of sp³-hybridized carbons (Fsp3) is 0.208. The molecule has 1 amide bonds. The smallest absolute Gasteiger partial charge is 0.412 e. The average Bonchev–Trinajstić information content (AvgIpc) is 3.40. The van der Waals surface area contributed by atoms with Gasteiger partial charge in [-0.1, -0.05) is 47.5 Å². The van der Waals surface area contributed by atoms with E-state index in [1.54, 1.807) is 6.92 Å². The Balaban J connectivity index is 0.000000913. The Hall–Kier alpha value is -4.18. The number of hydrogen-bond donors (Lipinski definition) is 1. The largest absolute Gasteiger partial charge is 0.441 e. The van der Waals surface area contributed by atoms with Gasteiger partial charge in [-0.15, -0.1) is 0 Å². The van der Waals surface area contributed by atoms with Crippen molar-refractivity contribution in [1.82, 2.24) is 5.16 Å². The molecule has 162 valence electrons. The van der Waals surface area contributed by atoms with Gasteiger partial charge in [0, 0.05) is 5.56 Å². The summed E-state index contributed by atoms with van der Waals surface area (Å²) in [6.07, 6.45) is -0.732. The van der Waals surface area contributed by atoms with E-state index < -0.39 is 6.09 Å². The Morgan fingerprint density at radius 1 is 1.09 bits per heavy atom. The van der Waals surface area contributed by atoms with Gasteiger partial charge < -0.3 is 14.0 Å². The molecule has 1 unspecified atom stereocenters. The van der Waals surface area contributed by atoms with E-state index in [-0.39, 0.29) is 18.0 Å². The van der Waals surface area contributed by atoms with Gasteiger partial charge >= 0.3 is 12.2 Å². The predicted octanol–water partition coefficient (Wildman–Crippen LogP) is 4.14. The molecule has 4 rings (SSSR count). The number of ether oxygens (including phenoxy) is 2. The van der Waals surface area contributed by atoms with Crippen LogP contribution < -0.4 is 5.32 Å². The van der Waals surface area contributed by atoms with Crippen molar-refractivity contribution in [3.05, 3.63) is 82.2 Å². The van der Waals surface area contributed by atoms with E-state index in [0.717, 1.165) is 16.7 Å². The molecule has 1 N–H and O–H groups in total. The van der Waals surface area contributed by atoms with E-state index in [1.165, 1.54) is 5.56 Å². The van der Waals surface area contributed by atoms with Crippen molar-refractivity contribution in [3.8, 4) is 11.8 Å². The third-order valence-electron chi connectivity index (χ3n) is 4.68. The van der Waals surface area contributed by atoms with Crippen LogP contribution in [0.2, 0.25) is 0 Å². The summed E-state index contributed by atoms with van der Waals surface area (Å²) in [6, 6.07) is 15.5. The lowest BCUT2D eigenvalue weighted by Crippen LogP contribution is -2.16. The first-order valence-electron chi connectivity index (χ1n) is 9.71. The summed E-state index contributed by atoms with van der Waals surface area (Å²) in [7, 11) is 0. The van der Waals surface area contributed by atoms with Gasteiger partial charge in [0.2, 0.25) is 5.76 Å². The molecule has 0 bridgehead atoms. The molecule has 2 heterocycles. The maximum atomic E-state index is 12.3. The lowest BCUT2D eigenvalue weighted by atomic mass is 10.1. The first-order chi connectivity index (χ1) is 15.5. The minimum absolute atomic E-state index is 0.250. The Morgan fingerprint density at radius 2 is 1.81 bits per heavy atom. The van der Waals surface area contributed by atoms with Gasteiger partial charge in [0.05, 0.1) is 13.2 Å². The number of aromatic nitrogens is 1. The van der Waals surface area contributed by atoms with Crippen LogP contribution in [0.15, 0.2) is 53.1 Å². The minimum atomic E-state index is -0.592. The fourth-order valence-electron chi connectivity index (χ4n) is 3.07. The average molecular weight is 432 g/mol. The highest BCUT2D eigenvalue weighted by molar-refractivity contribution is 5.87. The Morgan fingerprint density at radius 3 is 2.56 bits per heavy atom. The number of fused-ring (bicyclic) bond motifs is 1. The van der Waals surface area contributed by atoms with Crippen molar-refractivity contribution < 1.29 is 28.4 Å². The summed E-state index contributed by atoms with van der Waals surface area (Å²) < 4.78 is 16.2. The Kier molecular flexibility index (Phi) is 7.55. The number of nitrogens with one attached hydrogen (secondary N) is 1. The summed E-state index contributed by atoms with van der Waals surface area (Å²) in [5.41, 5.74) is 5.01. The number of hydrogen-bond acceptors (Lipinski definition) is 7. The zero-order valence-electron chi connectivity index (χ0n) is 17.5. The number of nitrogens with zero attached hydrogens (tertiary/aromatic N) is 1. The zero-order chi connectivity index (χ0) is 22.9. The molecular formula is C24H20N2O6. The Bertz CT molecular complexity index is 1180. The monoisotopic (exact) mass is 432 g/mol. The van der Waals surface area contributed by atoms with Crippen molar-refractivity contribution >= 4 is 17.9 Å². The summed E-state index contributed by atoms with van der Waals surface area (Å²) in [4.78, 5) is 28.6. The molecule has 1 aliphatic heterocycles. The fourth-order valence-corrected chi connectivity index (χ4v) is 3.07. The van der Waals surface area contributed by atoms with Crippen LogP contribution in [0.5, 0.6) is 0 Å². The van der Waals surface area contributed by atoms with Gasteiger partial charge in [0.15, 0.2) is 0 Å². The van der Waals surface area contributed by atoms with Gasteiger partial charge in [-0.2, -0.15) is 9.59 Å². The molecule has 0 aliphatic carbocycles. The van der Waals surface area contributed by atoms with E-state index in [4.69, 9.17) is 23.6 Å². The van der Waals surface area contributed by atoms with Crippen LogP contribution in [0.1, 0.15) is 46.7 Å². The van der Waals surface area contributed by atoms with Crippen LogP contribution >= 0.6 is 0 Å². The number of amides is 1. The molecule has 1 atom stereocenters. The molecule has 0 fully saturated rings. The van der Waals surface area contributed by atoms with Crippen LogP contribution in [0.4, 0.5) is 10.5 Å². The quantitative estimate of drug-likeness (QED) is 0.620. The van der Waals surface area contributed by atoms with Crippen LogP contribution in [0.25, 0.3) is 0 Å². The second-order valence-electron chi connectivity index (χ2n) is 6.86. The van der Waals surface area contributed by atoms with Crippen molar-refractivity contribution in [3.63, 3.8) is 0 Å². The minimum Gasteiger partial charge on any atom is -0.441 e. The van der Waals surface area contributed by atoms with E-state index in [9.17, 15) is 4.79 Å². The lowest BCUT2D eigenvalue weighted by Gasteiger charge is -2.13. The molecule has 0 radical (unpaired) electrons. The summed E-state index contributed by atoms with van der Waals surface area (Å²) >= 11 is 0. The van der Waals surface area contributed by atoms with Gasteiger partial charge in [0.1, 0.15) is 17.5 Å². The van der Waals surface area contributed by atoms with Crippen LogP contribution in [-0.4, -0.2) is 17.4 Å². The standard InChI is InChI=1S/C23H20N2O4.CO2/c1-15-22(24-23(26)28-16(2)18-6-4-3-5-7-18)21(29-25-15)11-9-17-8-10-19-13-27-14-20(19)12-17;2-1-3/h3-8,10,12,16H,13-14H2,1-2H3,(H,24,26);. The van der Waals surface area contributed by atoms with Crippen molar-refractivity contribution in [2.75, 3.05) is 5.32 Å². The zero-order valence-corrected chi connectivity index (χ0v) is 17.5. The first-order valence-corrected chi connectivity index (χ1v) is 9.71. The van der Waals surface area contributed by atoms with Gasteiger partial charge in [-0.25, -0.2) is 4.79 Å². The molecular weight excluding hydrogens is 412 g/mol. The molecule has 0 saturated heterocycles. The molecule has 8 nitrogen and oxygen atoms in total. The number of benzene rings is 2. The molecule has 1 aliphatic rings. The van der Waals surface area contributed by atoms with Crippen LogP contribution in [-0.2, 0) is 32.3 Å². The maximum absolute atomic E-state index is 12.3. The molecule has 0 spiro atoms. The maximum Gasteiger partial charge on any atom is 0.412 e. The van der Waals surface area contributed by atoms with Gasteiger partial charge in [0.25, 0.3) is 0 Å². The number of rotatable bonds is 3. The van der Waals surface area contributed by atoms with Crippen molar-refractivity contribution in [2.45, 2.75) is 33.2 Å². The third-order valence-corrected chi connectivity index (χ3v) is 4.68. The highest BCUT2D eigenvalue weighted by Crippen LogP contribution is 2.23. The molecule has 1 aromatic heterocycles. The molecule has 0 saturated carbocycles. The number of anilines is 1. The summed E-state index contributed by atoms with van der Waals surface area (Å²) in [6.45, 7) is 4.79. The topological polar surface area (TPSA) is 108 Å². The highest BCUT2D eigenvalue weighted by atomic mass is 16.6. The summed E-state index contributed by atoms with van der Waals surface area (Å²) in [5.74, 6) is 6.28. The third kappa shape index (κ3) is 5.70. The van der Waals surface area contributed by atoms with E-state index in [0.29, 0.717) is 24.6 Å². The molecule has 3 aromatic rings. The van der Waals surface area contributed by atoms with Crippen molar-refractivity contribution in [2.24, 2.45) is 0 Å². The van der Waals surface area contributed by atoms with Crippen LogP contribution in [0, 0.1) is 18.8 Å². The molecule has 8 heteroatoms. The number of aryl methyl sites for hydroxylation is 1. The Labute approximate surface area is 184 Å². The SMILES string of the molecule is Cc1noc(C#Cc2ccc3c(c2)COC3)c1NC(=O)OC(C)c1ccccc1.O=C=O. The van der Waals surface area contributed by atoms with Crippen molar-refractivity contribution in [1.29, 1.82) is 0 Å². The second kappa shape index (κ2) is 10.7. The lowest BCUT2D eigenvalue weighted by molar-refractivity contribution is -0.191. The highest BCUT2D eigenvalue weighted by Gasteiger charge is 2.18. The summed E-state index contributed by atoms with van der Waals surface area (Å²) in [5, 5.41) is 6.61. The van der Waals surface area contributed by atoms with Crippen LogP contribution in [0.3, 0.4) is 0 Å². The first kappa shape index (κ1) is 22.5. The predicted molar refractivity (Wildman–Crippen MR) is 112 cm³/mol. The van der Waals surface area contributed by atoms with E-state index in [2.05, 4.69) is 22.3 Å². The van der Waals surface area contributed by atoms with Gasteiger partial charge in [-0.3, -0.25) is 5.32 Å². The normalized spacial score (nSPS) is 12.2. The van der Waals surface area contributed by atoms with Gasteiger partial charge in [-0.05, 0) is 48.6 Å². The molecule has 32 heavy (non-hydrogen) atoms. The van der Waals surface area contributed by atoms with E-state index >= 15 is 0 Å². The number of carbonyl (C=O) groups is 1.